The third-order valence-electron chi connectivity index (χ3n) is 3.42. The first-order valence-corrected chi connectivity index (χ1v) is 7.09. The van der Waals surface area contributed by atoms with E-state index in [2.05, 4.69) is 36.1 Å². The zero-order chi connectivity index (χ0) is 14.7. The normalized spacial score (nSPS) is 12.2. The minimum absolute atomic E-state index is 0.543. The van der Waals surface area contributed by atoms with Crippen LogP contribution in [0, 0.1) is 6.92 Å². The Morgan fingerprint density at radius 2 is 1.80 bits per heavy atom. The first-order valence-electron chi connectivity index (χ1n) is 6.71. The van der Waals surface area contributed by atoms with Gasteiger partial charge in [-0.05, 0) is 37.1 Å². The Morgan fingerprint density at radius 3 is 2.35 bits per heavy atom. The van der Waals surface area contributed by atoms with Gasteiger partial charge in [0.05, 0.1) is 6.10 Å². The van der Waals surface area contributed by atoms with E-state index in [0.29, 0.717) is 5.02 Å². The molecule has 2 aromatic rings. The molecule has 0 saturated heterocycles. The number of rotatable bonds is 4. The maximum absolute atomic E-state index is 9.60. The van der Waals surface area contributed by atoms with E-state index in [1.54, 1.807) is 6.92 Å². The molecule has 0 radical (unpaired) electrons. The van der Waals surface area contributed by atoms with E-state index in [1.807, 2.05) is 25.2 Å². The van der Waals surface area contributed by atoms with Gasteiger partial charge in [-0.2, -0.15) is 0 Å². The maximum Gasteiger partial charge on any atom is 0.0776 e. The molecule has 3 heteroatoms. The molecule has 0 spiro atoms. The molecule has 0 heterocycles. The lowest BCUT2D eigenvalue weighted by Crippen LogP contribution is -2.16. The van der Waals surface area contributed by atoms with Crippen LogP contribution >= 0.6 is 11.6 Å². The molecular weight excluding hydrogens is 270 g/mol. The molecule has 0 saturated carbocycles. The molecule has 0 aromatic heterocycles. The maximum atomic E-state index is 9.60. The van der Waals surface area contributed by atoms with Gasteiger partial charge < -0.3 is 10.0 Å². The Bertz CT molecular complexity index is 578. The van der Waals surface area contributed by atoms with Gasteiger partial charge >= 0.3 is 0 Å². The van der Waals surface area contributed by atoms with Crippen molar-refractivity contribution in [2.45, 2.75) is 26.5 Å². The highest BCUT2D eigenvalue weighted by molar-refractivity contribution is 6.31. The van der Waals surface area contributed by atoms with Crippen molar-refractivity contribution in [3.63, 3.8) is 0 Å². The minimum Gasteiger partial charge on any atom is -0.389 e. The van der Waals surface area contributed by atoms with Crippen molar-refractivity contribution in [3.8, 4) is 0 Å². The van der Waals surface area contributed by atoms with E-state index in [9.17, 15) is 5.11 Å². The molecule has 2 rings (SSSR count). The third-order valence-corrected chi connectivity index (χ3v) is 3.74. The lowest BCUT2D eigenvalue weighted by atomic mass is 10.1. The summed E-state index contributed by atoms with van der Waals surface area (Å²) in [5.41, 5.74) is 4.33. The highest BCUT2D eigenvalue weighted by atomic mass is 35.5. The molecule has 2 nitrogen and oxygen atoms in total. The summed E-state index contributed by atoms with van der Waals surface area (Å²) in [7, 11) is 2.04. The molecule has 1 unspecified atom stereocenters. The van der Waals surface area contributed by atoms with Crippen molar-refractivity contribution in [1.82, 2.24) is 0 Å². The van der Waals surface area contributed by atoms with Crippen LogP contribution in [0.25, 0.3) is 0 Å². The number of anilines is 1. The van der Waals surface area contributed by atoms with Crippen molar-refractivity contribution in [3.05, 3.63) is 64.2 Å². The molecule has 0 fully saturated rings. The zero-order valence-corrected chi connectivity index (χ0v) is 12.9. The van der Waals surface area contributed by atoms with Crippen LogP contribution in [0.4, 0.5) is 5.69 Å². The van der Waals surface area contributed by atoms with Crippen LogP contribution in [0.15, 0.2) is 42.5 Å². The number of halogens is 1. The fraction of sp³-hybridized carbons (Fsp3) is 0.294. The van der Waals surface area contributed by atoms with E-state index in [0.717, 1.165) is 17.8 Å². The molecule has 1 N–H and O–H groups in total. The lowest BCUT2D eigenvalue weighted by molar-refractivity contribution is 0.199. The Balaban J connectivity index is 2.15. The molecule has 2 aromatic carbocycles. The summed E-state index contributed by atoms with van der Waals surface area (Å²) in [6.45, 7) is 4.63. The highest BCUT2D eigenvalue weighted by Crippen LogP contribution is 2.28. The van der Waals surface area contributed by atoms with Gasteiger partial charge in [0.1, 0.15) is 0 Å². The molecule has 0 bridgehead atoms. The predicted molar refractivity (Wildman–Crippen MR) is 85.4 cm³/mol. The predicted octanol–water partition coefficient (Wildman–Crippen LogP) is 4.34. The second-order valence-electron chi connectivity index (χ2n) is 5.22. The SMILES string of the molecule is Cc1ccc(CN(C)c2ccc(C(C)O)c(Cl)c2)cc1. The molecule has 106 valence electrons. The largest absolute Gasteiger partial charge is 0.389 e. The second-order valence-corrected chi connectivity index (χ2v) is 5.63. The Morgan fingerprint density at radius 1 is 1.15 bits per heavy atom. The standard InChI is InChI=1S/C17H20ClNO/c1-12-4-6-14(7-5-12)11-19(3)15-8-9-16(13(2)20)17(18)10-15/h4-10,13,20H,11H2,1-3H3. The monoisotopic (exact) mass is 289 g/mol. The summed E-state index contributed by atoms with van der Waals surface area (Å²) in [4.78, 5) is 2.14. The topological polar surface area (TPSA) is 23.5 Å². The van der Waals surface area contributed by atoms with E-state index in [4.69, 9.17) is 11.6 Å². The van der Waals surface area contributed by atoms with Gasteiger partial charge in [0.25, 0.3) is 0 Å². The number of hydrogen-bond donors (Lipinski definition) is 1. The molecule has 0 aliphatic rings. The summed E-state index contributed by atoms with van der Waals surface area (Å²) in [6.07, 6.45) is -0.543. The van der Waals surface area contributed by atoms with Crippen LogP contribution in [-0.4, -0.2) is 12.2 Å². The van der Waals surface area contributed by atoms with Crippen LogP contribution in [-0.2, 0) is 6.54 Å². The van der Waals surface area contributed by atoms with Crippen molar-refractivity contribution in [1.29, 1.82) is 0 Å². The first-order chi connectivity index (χ1) is 9.47. The van der Waals surface area contributed by atoms with Gasteiger partial charge in [-0.25, -0.2) is 0 Å². The Kier molecular flexibility index (Phi) is 4.69. The number of aliphatic hydroxyl groups excluding tert-OH is 1. The molecule has 20 heavy (non-hydrogen) atoms. The average molecular weight is 290 g/mol. The number of aliphatic hydroxyl groups is 1. The van der Waals surface area contributed by atoms with Crippen LogP contribution in [0.3, 0.4) is 0 Å². The summed E-state index contributed by atoms with van der Waals surface area (Å²) in [6, 6.07) is 14.3. The van der Waals surface area contributed by atoms with Crippen LogP contribution in [0.2, 0.25) is 5.02 Å². The minimum atomic E-state index is -0.543. The Hall–Kier alpha value is -1.51. The fourth-order valence-electron chi connectivity index (χ4n) is 2.15. The van der Waals surface area contributed by atoms with Gasteiger partial charge in [-0.15, -0.1) is 0 Å². The number of aryl methyl sites for hydroxylation is 1. The zero-order valence-electron chi connectivity index (χ0n) is 12.1. The van der Waals surface area contributed by atoms with E-state index in [-0.39, 0.29) is 0 Å². The van der Waals surface area contributed by atoms with Crippen LogP contribution in [0.1, 0.15) is 29.7 Å². The quantitative estimate of drug-likeness (QED) is 0.905. The van der Waals surface area contributed by atoms with Gasteiger partial charge in [0.15, 0.2) is 0 Å². The second kappa shape index (κ2) is 6.29. The molecule has 1 atom stereocenters. The summed E-state index contributed by atoms with van der Waals surface area (Å²) >= 11 is 6.21. The van der Waals surface area contributed by atoms with Crippen LogP contribution in [0.5, 0.6) is 0 Å². The first kappa shape index (κ1) is 14.9. The molecular formula is C17H20ClNO. The molecule has 0 amide bonds. The Labute approximate surface area is 125 Å². The van der Waals surface area contributed by atoms with E-state index >= 15 is 0 Å². The van der Waals surface area contributed by atoms with E-state index in [1.165, 1.54) is 11.1 Å². The van der Waals surface area contributed by atoms with E-state index < -0.39 is 6.10 Å². The van der Waals surface area contributed by atoms with Crippen molar-refractivity contribution >= 4 is 17.3 Å². The van der Waals surface area contributed by atoms with Crippen molar-refractivity contribution in [2.75, 3.05) is 11.9 Å². The summed E-state index contributed by atoms with van der Waals surface area (Å²) in [5.74, 6) is 0. The number of nitrogens with zero attached hydrogens (tertiary/aromatic N) is 1. The number of benzene rings is 2. The smallest absolute Gasteiger partial charge is 0.0776 e. The fourth-order valence-corrected chi connectivity index (χ4v) is 2.48. The third kappa shape index (κ3) is 3.53. The van der Waals surface area contributed by atoms with Crippen molar-refractivity contribution in [2.24, 2.45) is 0 Å². The van der Waals surface area contributed by atoms with Gasteiger partial charge in [0.2, 0.25) is 0 Å². The highest BCUT2D eigenvalue weighted by Gasteiger charge is 2.09. The number of hydrogen-bond acceptors (Lipinski definition) is 2. The summed E-state index contributed by atoms with van der Waals surface area (Å²) < 4.78 is 0. The summed E-state index contributed by atoms with van der Waals surface area (Å²) in [5, 5.41) is 10.2. The average Bonchev–Trinajstić information content (AvgIpc) is 2.40. The van der Waals surface area contributed by atoms with Crippen molar-refractivity contribution < 1.29 is 5.11 Å². The van der Waals surface area contributed by atoms with Crippen LogP contribution < -0.4 is 4.90 Å². The van der Waals surface area contributed by atoms with Gasteiger partial charge in [-0.3, -0.25) is 0 Å². The van der Waals surface area contributed by atoms with Gasteiger partial charge in [0, 0.05) is 24.3 Å². The molecule has 0 aliphatic heterocycles. The van der Waals surface area contributed by atoms with Gasteiger partial charge in [-0.1, -0.05) is 47.5 Å². The lowest BCUT2D eigenvalue weighted by Gasteiger charge is -2.21. The molecule has 0 aliphatic carbocycles.